The number of hydrogen-bond acceptors (Lipinski definition) is 3. The third kappa shape index (κ3) is 9.90. The second kappa shape index (κ2) is 13.5. The van der Waals surface area contributed by atoms with Gasteiger partial charge in [0.05, 0.1) is 0 Å². The smallest absolute Gasteiger partial charge is 0.339 e. The molecule has 0 unspecified atom stereocenters. The monoisotopic (exact) mass is 348 g/mol. The number of ether oxygens (including phenoxy) is 1. The molecule has 140 valence electrons. The summed E-state index contributed by atoms with van der Waals surface area (Å²) in [6, 6.07) is 6.23. The van der Waals surface area contributed by atoms with Crippen molar-refractivity contribution in [2.24, 2.45) is 0 Å². The topological polar surface area (TPSA) is 63.6 Å². The summed E-state index contributed by atoms with van der Waals surface area (Å²) in [5.41, 5.74) is 0.0230. The van der Waals surface area contributed by atoms with Gasteiger partial charge < -0.3 is 9.84 Å². The molecule has 0 radical (unpaired) electrons. The van der Waals surface area contributed by atoms with Gasteiger partial charge in [-0.05, 0) is 18.6 Å². The van der Waals surface area contributed by atoms with Crippen LogP contribution in [0.1, 0.15) is 94.3 Å². The summed E-state index contributed by atoms with van der Waals surface area (Å²) < 4.78 is 5.18. The van der Waals surface area contributed by atoms with Crippen LogP contribution in [0, 0.1) is 0 Å². The van der Waals surface area contributed by atoms with Crippen LogP contribution in [0.15, 0.2) is 24.3 Å². The Bertz CT molecular complexity index is 510. The van der Waals surface area contributed by atoms with Crippen LogP contribution in [-0.4, -0.2) is 17.0 Å². The van der Waals surface area contributed by atoms with Crippen LogP contribution in [0.4, 0.5) is 0 Å². The van der Waals surface area contributed by atoms with Crippen molar-refractivity contribution < 1.29 is 19.4 Å². The van der Waals surface area contributed by atoms with E-state index in [0.29, 0.717) is 6.42 Å². The maximum Gasteiger partial charge on any atom is 0.339 e. The van der Waals surface area contributed by atoms with Gasteiger partial charge in [0.25, 0.3) is 0 Å². The summed E-state index contributed by atoms with van der Waals surface area (Å²) in [4.78, 5) is 22.9. The van der Waals surface area contributed by atoms with Crippen LogP contribution in [-0.2, 0) is 4.79 Å². The molecule has 0 aliphatic rings. The van der Waals surface area contributed by atoms with E-state index in [9.17, 15) is 9.59 Å². The Morgan fingerprint density at radius 1 is 0.840 bits per heavy atom. The average Bonchev–Trinajstić information content (AvgIpc) is 2.60. The molecule has 0 fully saturated rings. The minimum absolute atomic E-state index is 0.0230. The summed E-state index contributed by atoms with van der Waals surface area (Å²) >= 11 is 0. The first-order valence-corrected chi connectivity index (χ1v) is 9.68. The second-order valence-corrected chi connectivity index (χ2v) is 6.56. The highest BCUT2D eigenvalue weighted by Crippen LogP contribution is 2.19. The number of benzene rings is 1. The maximum atomic E-state index is 11.8. The van der Waals surface area contributed by atoms with E-state index in [2.05, 4.69) is 6.92 Å². The number of rotatable bonds is 14. The van der Waals surface area contributed by atoms with Crippen molar-refractivity contribution in [1.82, 2.24) is 0 Å². The minimum atomic E-state index is -1.09. The largest absolute Gasteiger partial charge is 0.478 e. The Kier molecular flexibility index (Phi) is 11.4. The highest BCUT2D eigenvalue weighted by Gasteiger charge is 2.13. The number of esters is 1. The summed E-state index contributed by atoms with van der Waals surface area (Å²) in [5.74, 6) is -1.31. The van der Waals surface area contributed by atoms with Crippen LogP contribution < -0.4 is 4.74 Å². The first kappa shape index (κ1) is 21.2. The number of carbonyl (C=O) groups is 2. The van der Waals surface area contributed by atoms with Gasteiger partial charge in [-0.3, -0.25) is 4.79 Å². The molecule has 1 aromatic rings. The number of carboxylic acid groups (broad SMARTS) is 1. The Balaban J connectivity index is 2.05. The van der Waals surface area contributed by atoms with Gasteiger partial charge in [0.1, 0.15) is 11.3 Å². The Morgan fingerprint density at radius 2 is 1.36 bits per heavy atom. The summed E-state index contributed by atoms with van der Waals surface area (Å²) in [6.07, 6.45) is 13.8. The van der Waals surface area contributed by atoms with Crippen molar-refractivity contribution >= 4 is 11.9 Å². The van der Waals surface area contributed by atoms with Crippen LogP contribution in [0.2, 0.25) is 0 Å². The van der Waals surface area contributed by atoms with Crippen molar-refractivity contribution in [1.29, 1.82) is 0 Å². The molecule has 25 heavy (non-hydrogen) atoms. The molecule has 0 saturated carbocycles. The van der Waals surface area contributed by atoms with Gasteiger partial charge in [0.2, 0.25) is 0 Å². The number of carboxylic acids is 1. The molecule has 0 heterocycles. The van der Waals surface area contributed by atoms with Crippen molar-refractivity contribution in [3.8, 4) is 5.75 Å². The summed E-state index contributed by atoms with van der Waals surface area (Å²) in [5, 5.41) is 9.06. The summed E-state index contributed by atoms with van der Waals surface area (Å²) in [7, 11) is 0. The lowest BCUT2D eigenvalue weighted by atomic mass is 10.1. The number of para-hydroxylation sites is 1. The van der Waals surface area contributed by atoms with E-state index in [1.807, 2.05) is 0 Å². The lowest BCUT2D eigenvalue weighted by Crippen LogP contribution is -2.10. The third-order valence-electron chi connectivity index (χ3n) is 4.33. The van der Waals surface area contributed by atoms with Gasteiger partial charge in [-0.1, -0.05) is 83.3 Å². The van der Waals surface area contributed by atoms with E-state index in [1.54, 1.807) is 12.1 Å². The van der Waals surface area contributed by atoms with E-state index in [4.69, 9.17) is 9.84 Å². The molecule has 0 aliphatic carbocycles. The third-order valence-corrected chi connectivity index (χ3v) is 4.33. The van der Waals surface area contributed by atoms with E-state index >= 15 is 0 Å². The average molecular weight is 348 g/mol. The summed E-state index contributed by atoms with van der Waals surface area (Å²) in [6.45, 7) is 2.24. The highest BCUT2D eigenvalue weighted by atomic mass is 16.5. The second-order valence-electron chi connectivity index (χ2n) is 6.56. The van der Waals surface area contributed by atoms with Gasteiger partial charge in [0, 0.05) is 6.42 Å². The number of unbranched alkanes of at least 4 members (excludes halogenated alkanes) is 10. The lowest BCUT2D eigenvalue weighted by molar-refractivity contribution is -0.134. The first-order valence-electron chi connectivity index (χ1n) is 9.68. The van der Waals surface area contributed by atoms with Crippen LogP contribution in [0.3, 0.4) is 0 Å². The van der Waals surface area contributed by atoms with Gasteiger partial charge in [-0.15, -0.1) is 0 Å². The van der Waals surface area contributed by atoms with Gasteiger partial charge >= 0.3 is 11.9 Å². The number of hydrogen-bond donors (Lipinski definition) is 1. The predicted molar refractivity (Wildman–Crippen MR) is 100 cm³/mol. The number of aromatic carboxylic acids is 1. The van der Waals surface area contributed by atoms with Crippen LogP contribution >= 0.6 is 0 Å². The van der Waals surface area contributed by atoms with Crippen molar-refractivity contribution in [3.63, 3.8) is 0 Å². The predicted octanol–water partition coefficient (Wildman–Crippen LogP) is 5.99. The molecule has 0 saturated heterocycles. The SMILES string of the molecule is CCCCCCCCCCCCCC(=O)Oc1ccccc1C(=O)O. The zero-order valence-electron chi connectivity index (χ0n) is 15.5. The van der Waals surface area contributed by atoms with Gasteiger partial charge in [-0.25, -0.2) is 4.79 Å². The normalized spacial score (nSPS) is 10.6. The van der Waals surface area contributed by atoms with Crippen molar-refractivity contribution in [2.75, 3.05) is 0 Å². The molecule has 0 amide bonds. The van der Waals surface area contributed by atoms with E-state index < -0.39 is 5.97 Å². The van der Waals surface area contributed by atoms with Crippen molar-refractivity contribution in [3.05, 3.63) is 29.8 Å². The molecule has 4 nitrogen and oxygen atoms in total. The molecule has 1 N–H and O–H groups in total. The van der Waals surface area contributed by atoms with Gasteiger partial charge in [0.15, 0.2) is 0 Å². The zero-order chi connectivity index (χ0) is 18.3. The van der Waals surface area contributed by atoms with Gasteiger partial charge in [-0.2, -0.15) is 0 Å². The first-order chi connectivity index (χ1) is 12.1. The molecule has 0 spiro atoms. The standard InChI is InChI=1S/C21H32O4/c1-2-3-4-5-6-7-8-9-10-11-12-17-20(22)25-19-16-14-13-15-18(19)21(23)24/h13-16H,2-12,17H2,1H3,(H,23,24). The molecule has 0 atom stereocenters. The molecule has 0 aliphatic heterocycles. The molecular weight excluding hydrogens is 316 g/mol. The molecule has 0 aromatic heterocycles. The van der Waals surface area contributed by atoms with E-state index in [-0.39, 0.29) is 17.3 Å². The quantitative estimate of drug-likeness (QED) is 0.255. The Morgan fingerprint density at radius 3 is 1.92 bits per heavy atom. The zero-order valence-corrected chi connectivity index (χ0v) is 15.5. The lowest BCUT2D eigenvalue weighted by Gasteiger charge is -2.07. The Labute approximate surface area is 151 Å². The molecule has 1 rings (SSSR count). The maximum absolute atomic E-state index is 11.8. The fourth-order valence-corrected chi connectivity index (χ4v) is 2.84. The molecular formula is C21H32O4. The Hall–Kier alpha value is -1.84. The van der Waals surface area contributed by atoms with E-state index in [0.717, 1.165) is 19.3 Å². The van der Waals surface area contributed by atoms with Crippen molar-refractivity contribution in [2.45, 2.75) is 84.0 Å². The fourth-order valence-electron chi connectivity index (χ4n) is 2.84. The molecule has 1 aromatic carbocycles. The number of carbonyl (C=O) groups excluding carboxylic acids is 1. The molecule has 0 bridgehead atoms. The van der Waals surface area contributed by atoms with Crippen LogP contribution in [0.25, 0.3) is 0 Å². The fraction of sp³-hybridized carbons (Fsp3) is 0.619. The highest BCUT2D eigenvalue weighted by molar-refractivity contribution is 5.91. The van der Waals surface area contributed by atoms with Crippen LogP contribution in [0.5, 0.6) is 5.75 Å². The minimum Gasteiger partial charge on any atom is -0.478 e. The van der Waals surface area contributed by atoms with E-state index in [1.165, 1.54) is 63.5 Å². The molecule has 4 heteroatoms.